The fraction of sp³-hybridized carbons (Fsp3) is 0.600. The number of aromatic nitrogens is 2. The van der Waals surface area contributed by atoms with Crippen molar-refractivity contribution in [1.82, 2.24) is 10.2 Å². The van der Waals surface area contributed by atoms with Gasteiger partial charge in [-0.3, -0.25) is 4.79 Å². The van der Waals surface area contributed by atoms with Gasteiger partial charge in [0, 0.05) is 6.54 Å². The van der Waals surface area contributed by atoms with Gasteiger partial charge in [-0.2, -0.15) is 16.9 Å². The van der Waals surface area contributed by atoms with E-state index in [1.807, 2.05) is 11.8 Å². The second-order valence-corrected chi connectivity index (χ2v) is 5.88. The maximum absolute atomic E-state index is 11.3. The molecule has 1 aromatic heterocycles. The van der Waals surface area contributed by atoms with Gasteiger partial charge in [0.15, 0.2) is 0 Å². The average Bonchev–Trinajstić information content (AvgIpc) is 2.32. The van der Waals surface area contributed by atoms with Crippen LogP contribution in [0.3, 0.4) is 0 Å². The largest absolute Gasteiger partial charge is 0.382 e. The van der Waals surface area contributed by atoms with Crippen molar-refractivity contribution in [2.24, 2.45) is 5.92 Å². The van der Waals surface area contributed by atoms with E-state index in [4.69, 9.17) is 0 Å². The molecule has 0 aromatic carbocycles. The van der Waals surface area contributed by atoms with E-state index in [-0.39, 0.29) is 5.56 Å². The maximum Gasteiger partial charge on any atom is 0.280 e. The third-order valence-electron chi connectivity index (χ3n) is 2.72. The highest BCUT2D eigenvalue weighted by atomic mass is 79.9. The number of rotatable bonds is 3. The molecule has 1 aliphatic heterocycles. The molecular weight excluding hydrogens is 290 g/mol. The molecule has 16 heavy (non-hydrogen) atoms. The molecular formula is C10H14BrN3OS. The van der Waals surface area contributed by atoms with Gasteiger partial charge in [-0.05, 0) is 46.2 Å². The van der Waals surface area contributed by atoms with Crippen LogP contribution in [0, 0.1) is 5.92 Å². The summed E-state index contributed by atoms with van der Waals surface area (Å²) >= 11 is 5.28. The standard InChI is InChI=1S/C10H14BrN3OS/c11-9-8(6-13-14-10(9)15)12-5-7-1-3-16-4-2-7/h6-7H,1-5H2,(H2,12,14,15). The number of hydrogen-bond acceptors (Lipinski definition) is 4. The zero-order valence-electron chi connectivity index (χ0n) is 8.83. The third-order valence-corrected chi connectivity index (χ3v) is 4.55. The Morgan fingerprint density at radius 3 is 3.06 bits per heavy atom. The predicted octanol–water partition coefficient (Wildman–Crippen LogP) is 2.09. The number of H-pyrrole nitrogens is 1. The van der Waals surface area contributed by atoms with Gasteiger partial charge in [0.05, 0.1) is 11.9 Å². The number of hydrogen-bond donors (Lipinski definition) is 2. The van der Waals surface area contributed by atoms with Crippen LogP contribution in [0.5, 0.6) is 0 Å². The molecule has 0 unspecified atom stereocenters. The van der Waals surface area contributed by atoms with Crippen LogP contribution in [0.1, 0.15) is 12.8 Å². The molecule has 0 spiro atoms. The SMILES string of the molecule is O=c1[nH]ncc(NCC2CCSCC2)c1Br. The van der Waals surface area contributed by atoms with Gasteiger partial charge in [-0.1, -0.05) is 0 Å². The first kappa shape index (κ1) is 12.0. The second kappa shape index (κ2) is 5.72. The molecule has 0 atom stereocenters. The van der Waals surface area contributed by atoms with Crippen LogP contribution in [0.25, 0.3) is 0 Å². The van der Waals surface area contributed by atoms with E-state index >= 15 is 0 Å². The Morgan fingerprint density at radius 2 is 2.31 bits per heavy atom. The van der Waals surface area contributed by atoms with Crippen molar-refractivity contribution in [1.29, 1.82) is 0 Å². The first-order chi connectivity index (χ1) is 7.77. The molecule has 0 amide bonds. The van der Waals surface area contributed by atoms with Crippen molar-refractivity contribution in [3.8, 4) is 0 Å². The lowest BCUT2D eigenvalue weighted by Gasteiger charge is -2.22. The Balaban J connectivity index is 1.93. The monoisotopic (exact) mass is 303 g/mol. The van der Waals surface area contributed by atoms with Crippen molar-refractivity contribution in [2.45, 2.75) is 12.8 Å². The summed E-state index contributed by atoms with van der Waals surface area (Å²) in [6.45, 7) is 0.921. The molecule has 0 saturated carbocycles. The Labute approximate surface area is 107 Å². The van der Waals surface area contributed by atoms with Crippen molar-refractivity contribution in [2.75, 3.05) is 23.4 Å². The first-order valence-corrected chi connectivity index (χ1v) is 7.27. The van der Waals surface area contributed by atoms with Crippen molar-refractivity contribution in [3.05, 3.63) is 21.0 Å². The highest BCUT2D eigenvalue weighted by Crippen LogP contribution is 2.24. The highest BCUT2D eigenvalue weighted by molar-refractivity contribution is 9.10. The lowest BCUT2D eigenvalue weighted by atomic mass is 10.0. The summed E-state index contributed by atoms with van der Waals surface area (Å²) < 4.78 is 0.535. The summed E-state index contributed by atoms with van der Waals surface area (Å²) in [5.41, 5.74) is 0.589. The fourth-order valence-electron chi connectivity index (χ4n) is 1.71. The van der Waals surface area contributed by atoms with E-state index in [0.717, 1.165) is 12.2 Å². The summed E-state index contributed by atoms with van der Waals surface area (Å²) in [5.74, 6) is 3.22. The quantitative estimate of drug-likeness (QED) is 0.898. The molecule has 1 saturated heterocycles. The van der Waals surface area contributed by atoms with Crippen LogP contribution in [0.4, 0.5) is 5.69 Å². The lowest BCUT2D eigenvalue weighted by Crippen LogP contribution is -2.20. The van der Waals surface area contributed by atoms with E-state index in [1.54, 1.807) is 6.20 Å². The molecule has 2 heterocycles. The van der Waals surface area contributed by atoms with Gasteiger partial charge in [0.1, 0.15) is 4.47 Å². The summed E-state index contributed by atoms with van der Waals surface area (Å²) in [7, 11) is 0. The molecule has 0 radical (unpaired) electrons. The average molecular weight is 304 g/mol. The second-order valence-electron chi connectivity index (χ2n) is 3.86. The molecule has 6 heteroatoms. The number of anilines is 1. The molecule has 4 nitrogen and oxygen atoms in total. The maximum atomic E-state index is 11.3. The molecule has 2 rings (SSSR count). The number of nitrogens with one attached hydrogen (secondary N) is 2. The smallest absolute Gasteiger partial charge is 0.280 e. The van der Waals surface area contributed by atoms with Gasteiger partial charge < -0.3 is 5.32 Å². The summed E-state index contributed by atoms with van der Waals surface area (Å²) in [4.78, 5) is 11.3. The molecule has 1 aliphatic rings. The Hall–Kier alpha value is -0.490. The van der Waals surface area contributed by atoms with Gasteiger partial charge in [0.2, 0.25) is 0 Å². The number of thioether (sulfide) groups is 1. The van der Waals surface area contributed by atoms with Gasteiger partial charge in [-0.15, -0.1) is 0 Å². The minimum atomic E-state index is -0.191. The number of nitrogens with zero attached hydrogens (tertiary/aromatic N) is 1. The Bertz CT molecular complexity index is 403. The molecule has 2 N–H and O–H groups in total. The molecule has 1 fully saturated rings. The van der Waals surface area contributed by atoms with Gasteiger partial charge in [-0.25, -0.2) is 5.10 Å². The first-order valence-electron chi connectivity index (χ1n) is 5.32. The topological polar surface area (TPSA) is 57.8 Å². The van der Waals surface area contributed by atoms with E-state index in [1.165, 1.54) is 24.3 Å². The van der Waals surface area contributed by atoms with E-state index in [0.29, 0.717) is 10.4 Å². The van der Waals surface area contributed by atoms with Crippen LogP contribution in [0.15, 0.2) is 15.5 Å². The third kappa shape index (κ3) is 3.01. The van der Waals surface area contributed by atoms with Gasteiger partial charge >= 0.3 is 0 Å². The van der Waals surface area contributed by atoms with E-state index < -0.39 is 0 Å². The van der Waals surface area contributed by atoms with Crippen LogP contribution in [-0.4, -0.2) is 28.2 Å². The number of halogens is 1. The van der Waals surface area contributed by atoms with Crippen molar-refractivity contribution >= 4 is 33.4 Å². The molecule has 0 bridgehead atoms. The van der Waals surface area contributed by atoms with Crippen LogP contribution in [-0.2, 0) is 0 Å². The van der Waals surface area contributed by atoms with Crippen LogP contribution < -0.4 is 10.9 Å². The van der Waals surface area contributed by atoms with Crippen LogP contribution >= 0.6 is 27.7 Å². The molecule has 88 valence electrons. The zero-order chi connectivity index (χ0) is 11.4. The summed E-state index contributed by atoms with van der Waals surface area (Å²) in [6, 6.07) is 0. The predicted molar refractivity (Wildman–Crippen MR) is 71.1 cm³/mol. The lowest BCUT2D eigenvalue weighted by molar-refractivity contribution is 0.516. The fourth-order valence-corrected chi connectivity index (χ4v) is 3.25. The highest BCUT2D eigenvalue weighted by Gasteiger charge is 2.14. The summed E-state index contributed by atoms with van der Waals surface area (Å²) in [5, 5.41) is 9.44. The zero-order valence-corrected chi connectivity index (χ0v) is 11.2. The van der Waals surface area contributed by atoms with Gasteiger partial charge in [0.25, 0.3) is 5.56 Å². The summed E-state index contributed by atoms with van der Waals surface area (Å²) in [6.07, 6.45) is 4.15. The van der Waals surface area contributed by atoms with E-state index in [2.05, 4.69) is 31.4 Å². The Kier molecular flexibility index (Phi) is 4.29. The number of aromatic amines is 1. The van der Waals surface area contributed by atoms with E-state index in [9.17, 15) is 4.79 Å². The molecule has 1 aromatic rings. The van der Waals surface area contributed by atoms with Crippen LogP contribution in [0.2, 0.25) is 0 Å². The Morgan fingerprint density at radius 1 is 1.56 bits per heavy atom. The minimum Gasteiger partial charge on any atom is -0.382 e. The van der Waals surface area contributed by atoms with Crippen molar-refractivity contribution in [3.63, 3.8) is 0 Å². The minimum absolute atomic E-state index is 0.191. The molecule has 0 aliphatic carbocycles. The van der Waals surface area contributed by atoms with Crippen molar-refractivity contribution < 1.29 is 0 Å². The normalized spacial score (nSPS) is 17.3.